The van der Waals surface area contributed by atoms with Gasteiger partial charge in [0.15, 0.2) is 5.97 Å². The lowest BCUT2D eigenvalue weighted by Crippen LogP contribution is -2.10. The highest BCUT2D eigenvalue weighted by Crippen LogP contribution is 2.09. The van der Waals surface area contributed by atoms with Gasteiger partial charge in [-0.2, -0.15) is 13.8 Å². The molecule has 0 aromatic heterocycles. The molecule has 1 unspecified atom stereocenters. The van der Waals surface area contributed by atoms with E-state index in [9.17, 15) is 13.2 Å². The van der Waals surface area contributed by atoms with Crippen molar-refractivity contribution in [3.8, 4) is 0 Å². The van der Waals surface area contributed by atoms with Crippen LogP contribution in [0.1, 0.15) is 6.42 Å². The maximum Gasteiger partial charge on any atom is 0.309 e. The monoisotopic (exact) mass is 136 g/mol. The zero-order chi connectivity index (χ0) is 6.85. The number of aliphatic imine (C=N–C) groups is 2. The number of alkyl halides is 1. The molecule has 0 bridgehead atoms. The van der Waals surface area contributed by atoms with E-state index in [0.717, 1.165) is 0 Å². The van der Waals surface area contributed by atoms with Crippen LogP contribution in [0.4, 0.5) is 13.2 Å². The third-order valence-corrected chi connectivity index (χ3v) is 0.797. The smallest absolute Gasteiger partial charge is 0.221 e. The number of rotatable bonds is 0. The topological polar surface area (TPSA) is 24.7 Å². The highest BCUT2D eigenvalue weighted by molar-refractivity contribution is 5.91. The Bertz CT molecular complexity index is 175. The summed E-state index contributed by atoms with van der Waals surface area (Å²) in [5.74, 6) is -1.05. The van der Waals surface area contributed by atoms with Gasteiger partial charge in [0.25, 0.3) is 0 Å². The second-order valence-corrected chi connectivity index (χ2v) is 1.52. The Labute approximate surface area is 49.1 Å². The molecule has 1 heterocycles. The van der Waals surface area contributed by atoms with Crippen molar-refractivity contribution in [2.45, 2.75) is 12.7 Å². The highest BCUT2D eigenvalue weighted by Gasteiger charge is 2.16. The molecule has 0 radical (unpaired) electrons. The first-order valence-corrected chi connectivity index (χ1v) is 2.29. The molecule has 1 atom stereocenters. The molecule has 0 spiro atoms. The molecule has 9 heavy (non-hydrogen) atoms. The standard InChI is InChI=1S/C4H3F3N2/c5-2-1-3(6)9-4(7)8-2/h2H,1H2. The summed E-state index contributed by atoms with van der Waals surface area (Å²) < 4.78 is 35.6. The average Bonchev–Trinajstić information content (AvgIpc) is 1.59. The summed E-state index contributed by atoms with van der Waals surface area (Å²) in [5, 5.41) is 0. The first-order valence-electron chi connectivity index (χ1n) is 2.29. The first-order chi connectivity index (χ1) is 4.18. The summed E-state index contributed by atoms with van der Waals surface area (Å²) in [4.78, 5) is 5.32. The van der Waals surface area contributed by atoms with E-state index in [-0.39, 0.29) is 0 Å². The zero-order valence-corrected chi connectivity index (χ0v) is 4.31. The maximum absolute atomic E-state index is 11.9. The number of hydrogen-bond acceptors (Lipinski definition) is 2. The lowest BCUT2D eigenvalue weighted by Gasteiger charge is -2.03. The van der Waals surface area contributed by atoms with Crippen LogP contribution in [-0.2, 0) is 0 Å². The molecule has 0 saturated carbocycles. The molecule has 0 aromatic rings. The minimum Gasteiger partial charge on any atom is -0.221 e. The van der Waals surface area contributed by atoms with E-state index < -0.39 is 24.8 Å². The summed E-state index contributed by atoms with van der Waals surface area (Å²) in [6.45, 7) is 0. The van der Waals surface area contributed by atoms with Gasteiger partial charge in [-0.1, -0.05) is 0 Å². The van der Waals surface area contributed by atoms with E-state index in [4.69, 9.17) is 0 Å². The second kappa shape index (κ2) is 2.16. The van der Waals surface area contributed by atoms with E-state index >= 15 is 0 Å². The third kappa shape index (κ3) is 1.51. The van der Waals surface area contributed by atoms with Crippen molar-refractivity contribution in [1.82, 2.24) is 0 Å². The highest BCUT2D eigenvalue weighted by atomic mass is 19.2. The van der Waals surface area contributed by atoms with Crippen molar-refractivity contribution in [2.75, 3.05) is 0 Å². The van der Waals surface area contributed by atoms with Gasteiger partial charge in [-0.3, -0.25) is 0 Å². The Morgan fingerprint density at radius 3 is 2.56 bits per heavy atom. The Kier molecular flexibility index (Phi) is 1.50. The van der Waals surface area contributed by atoms with E-state index in [2.05, 4.69) is 9.98 Å². The Balaban J connectivity index is 2.74. The Hall–Kier alpha value is -0.870. The van der Waals surface area contributed by atoms with Gasteiger partial charge < -0.3 is 0 Å². The van der Waals surface area contributed by atoms with Crippen LogP contribution < -0.4 is 0 Å². The summed E-state index contributed by atoms with van der Waals surface area (Å²) >= 11 is 0. The van der Waals surface area contributed by atoms with Crippen LogP contribution in [-0.4, -0.2) is 18.4 Å². The lowest BCUT2D eigenvalue weighted by atomic mass is 10.4. The first kappa shape index (κ1) is 6.25. The molecule has 1 rings (SSSR count). The van der Waals surface area contributed by atoms with Gasteiger partial charge in [0.2, 0.25) is 6.30 Å². The van der Waals surface area contributed by atoms with Crippen LogP contribution in [0.5, 0.6) is 0 Å². The molecule has 50 valence electrons. The molecule has 0 saturated heterocycles. The molecule has 0 amide bonds. The average molecular weight is 136 g/mol. The predicted octanol–water partition coefficient (Wildman–Crippen LogP) is 1.38. The molecular weight excluding hydrogens is 133 g/mol. The van der Waals surface area contributed by atoms with Crippen LogP contribution in [0.25, 0.3) is 0 Å². The van der Waals surface area contributed by atoms with E-state index in [1.807, 2.05) is 0 Å². The molecular formula is C4H3F3N2. The van der Waals surface area contributed by atoms with Crippen LogP contribution in [0, 0.1) is 0 Å². The number of hydrogen-bond donors (Lipinski definition) is 0. The van der Waals surface area contributed by atoms with Crippen molar-refractivity contribution in [2.24, 2.45) is 9.98 Å². The van der Waals surface area contributed by atoms with Gasteiger partial charge in [-0.15, -0.1) is 0 Å². The normalized spacial score (nSPS) is 27.2. The van der Waals surface area contributed by atoms with Crippen molar-refractivity contribution < 1.29 is 13.2 Å². The molecule has 0 N–H and O–H groups in total. The van der Waals surface area contributed by atoms with Crippen molar-refractivity contribution in [3.05, 3.63) is 0 Å². The van der Waals surface area contributed by atoms with Gasteiger partial charge >= 0.3 is 6.09 Å². The summed E-state index contributed by atoms with van der Waals surface area (Å²) in [7, 11) is 0. The molecule has 0 aromatic carbocycles. The van der Waals surface area contributed by atoms with Crippen LogP contribution in [0.15, 0.2) is 9.98 Å². The second-order valence-electron chi connectivity index (χ2n) is 1.52. The molecule has 1 aliphatic heterocycles. The number of nitrogens with zero attached hydrogens (tertiary/aromatic N) is 2. The number of halogens is 3. The summed E-state index contributed by atoms with van der Waals surface area (Å²) in [5.41, 5.74) is 0. The van der Waals surface area contributed by atoms with Crippen LogP contribution in [0.2, 0.25) is 0 Å². The fraction of sp³-hybridized carbons (Fsp3) is 0.500. The van der Waals surface area contributed by atoms with Crippen molar-refractivity contribution in [3.63, 3.8) is 0 Å². The van der Waals surface area contributed by atoms with Crippen molar-refractivity contribution >= 4 is 12.1 Å². The van der Waals surface area contributed by atoms with Crippen LogP contribution >= 0.6 is 0 Å². The van der Waals surface area contributed by atoms with Gasteiger partial charge in [-0.05, 0) is 0 Å². The Morgan fingerprint density at radius 1 is 1.44 bits per heavy atom. The SMILES string of the molecule is FC1=NC(F)=NC(F)C1. The summed E-state index contributed by atoms with van der Waals surface area (Å²) in [6, 6.07) is 0. The quantitative estimate of drug-likeness (QED) is 0.449. The van der Waals surface area contributed by atoms with E-state index in [1.54, 1.807) is 0 Å². The largest absolute Gasteiger partial charge is 0.309 e. The lowest BCUT2D eigenvalue weighted by molar-refractivity contribution is 0.343. The fourth-order valence-corrected chi connectivity index (χ4v) is 0.475. The van der Waals surface area contributed by atoms with Gasteiger partial charge in [0.1, 0.15) is 0 Å². The maximum atomic E-state index is 11.9. The minimum atomic E-state index is -1.80. The Morgan fingerprint density at radius 2 is 2.11 bits per heavy atom. The predicted molar refractivity (Wildman–Crippen MR) is 26.6 cm³/mol. The molecule has 1 aliphatic rings. The van der Waals surface area contributed by atoms with Gasteiger partial charge in [-0.25, -0.2) is 9.38 Å². The van der Waals surface area contributed by atoms with Gasteiger partial charge in [0, 0.05) is 0 Å². The van der Waals surface area contributed by atoms with Gasteiger partial charge in [0.05, 0.1) is 6.42 Å². The fourth-order valence-electron chi connectivity index (χ4n) is 0.475. The summed E-state index contributed by atoms with van der Waals surface area (Å²) in [6.07, 6.45) is -3.68. The minimum absolute atomic E-state index is 0.548. The molecule has 5 heteroatoms. The van der Waals surface area contributed by atoms with Crippen LogP contribution in [0.3, 0.4) is 0 Å². The molecule has 0 aliphatic carbocycles. The third-order valence-electron chi connectivity index (χ3n) is 0.797. The molecule has 0 fully saturated rings. The number of amidine groups is 1. The molecule has 2 nitrogen and oxygen atoms in total. The van der Waals surface area contributed by atoms with Crippen molar-refractivity contribution in [1.29, 1.82) is 0 Å². The van der Waals surface area contributed by atoms with E-state index in [1.165, 1.54) is 0 Å². The zero-order valence-electron chi connectivity index (χ0n) is 4.31. The van der Waals surface area contributed by atoms with E-state index in [0.29, 0.717) is 0 Å².